The molecule has 0 aliphatic carbocycles. The third-order valence-corrected chi connectivity index (χ3v) is 10.1. The molecule has 0 unspecified atom stereocenters. The largest absolute Gasteiger partial charge is 0.455 e. The van der Waals surface area contributed by atoms with E-state index < -0.39 is 13.7 Å². The fourth-order valence-electron chi connectivity index (χ4n) is 7.70. The number of fused-ring (bicyclic) bond motifs is 7. The molecule has 9 aromatic rings. The lowest BCUT2D eigenvalue weighted by molar-refractivity contribution is 0.670. The van der Waals surface area contributed by atoms with Gasteiger partial charge in [-0.05, 0) is 117 Å². The molecule has 0 saturated heterocycles. The number of aromatic nitrogens is 2. The topological polar surface area (TPSA) is 31.0 Å². The highest BCUT2D eigenvalue weighted by molar-refractivity contribution is 6.18. The smallest absolute Gasteiger partial charge is 0.149 e. The summed E-state index contributed by atoms with van der Waals surface area (Å²) in [5.74, 6) is 0.565. The average molecular weight is 655 g/mol. The lowest BCUT2D eigenvalue weighted by Crippen LogP contribution is -2.10. The molecule has 50 heavy (non-hydrogen) atoms. The van der Waals surface area contributed by atoms with Gasteiger partial charge in [0.25, 0.3) is 0 Å². The molecule has 0 fully saturated rings. The highest BCUT2D eigenvalue weighted by atomic mass is 16.3. The van der Waals surface area contributed by atoms with Crippen LogP contribution < -0.4 is 0 Å². The molecule has 0 aliphatic heterocycles. The number of hydrogen-bond acceptors (Lipinski definition) is 2. The molecule has 2 heterocycles. The maximum atomic E-state index is 8.69. The van der Waals surface area contributed by atoms with E-state index in [1.165, 1.54) is 0 Å². The van der Waals surface area contributed by atoms with Crippen molar-refractivity contribution < 1.29 is 12.6 Å². The van der Waals surface area contributed by atoms with Crippen LogP contribution in [0, 0.1) is 13.7 Å². The lowest BCUT2D eigenvalue weighted by atomic mass is 9.88. The lowest BCUT2D eigenvalue weighted by Gasteiger charge is -2.25. The first kappa shape index (κ1) is 24.5. The van der Waals surface area contributed by atoms with Gasteiger partial charge in [0.2, 0.25) is 0 Å². The molecule has 9 rings (SSSR count). The summed E-state index contributed by atoms with van der Waals surface area (Å²) in [5.41, 5.74) is 7.99. The van der Waals surface area contributed by atoms with E-state index in [1.54, 1.807) is 24.3 Å². The van der Waals surface area contributed by atoms with E-state index in [1.807, 2.05) is 53.1 Å². The van der Waals surface area contributed by atoms with Gasteiger partial charge in [0.15, 0.2) is 0 Å². The van der Waals surface area contributed by atoms with Crippen molar-refractivity contribution in [3.8, 4) is 28.2 Å². The molecule has 244 valence electrons. The van der Waals surface area contributed by atoms with E-state index in [0.29, 0.717) is 44.4 Å². The number of rotatable bonds is 5. The minimum Gasteiger partial charge on any atom is -0.455 e. The summed E-state index contributed by atoms with van der Waals surface area (Å²) in [5, 5.41) is 5.33. The van der Waals surface area contributed by atoms with Gasteiger partial charge in [0.1, 0.15) is 17.0 Å². The highest BCUT2D eigenvalue weighted by Gasteiger charge is 2.26. The summed E-state index contributed by atoms with van der Waals surface area (Å²) in [6.45, 7) is 3.72. The van der Waals surface area contributed by atoms with Crippen LogP contribution in [0.3, 0.4) is 0 Å². The molecule has 3 heteroatoms. The van der Waals surface area contributed by atoms with Crippen molar-refractivity contribution in [3.05, 3.63) is 144 Å². The zero-order valence-corrected chi connectivity index (χ0v) is 28.5. The summed E-state index contributed by atoms with van der Waals surface area (Å²) >= 11 is 0. The van der Waals surface area contributed by atoms with Gasteiger partial charge in [-0.3, -0.25) is 4.57 Å². The fourth-order valence-corrected chi connectivity index (χ4v) is 7.70. The van der Waals surface area contributed by atoms with Crippen molar-refractivity contribution in [1.82, 2.24) is 9.55 Å². The van der Waals surface area contributed by atoms with Crippen molar-refractivity contribution in [1.29, 1.82) is 0 Å². The Kier molecular flexibility index (Phi) is 5.60. The van der Waals surface area contributed by atoms with E-state index in [9.17, 15) is 0 Å². The van der Waals surface area contributed by atoms with Crippen molar-refractivity contribution in [3.63, 3.8) is 0 Å². The molecular formula is C47H40N2O. The van der Waals surface area contributed by atoms with Crippen LogP contribution in [0.4, 0.5) is 0 Å². The Morgan fingerprint density at radius 3 is 2.12 bits per heavy atom. The van der Waals surface area contributed by atoms with Crippen molar-refractivity contribution in [2.24, 2.45) is 0 Å². The number of imidazole rings is 1. The standard InChI is InChI=1S/C47H40N2O/c1-27(2)37-24-34(31-14-8-7-9-15-31)25-38(28(3)4)45(37)49-44-30(6)13-12-18-41(44)48-47(49)36-22-19-29(5)43-40-23-33-21-20-32-16-10-11-17-35(32)39(33)26-42(40)50-46(36)43/h7-28H,1-6H3/i5D3,6D3. The van der Waals surface area contributed by atoms with Gasteiger partial charge in [-0.15, -0.1) is 0 Å². The predicted molar refractivity (Wildman–Crippen MR) is 212 cm³/mol. The van der Waals surface area contributed by atoms with Crippen LogP contribution in [0.5, 0.6) is 0 Å². The number of para-hydroxylation sites is 1. The Morgan fingerprint density at radius 1 is 0.620 bits per heavy atom. The molecule has 0 radical (unpaired) electrons. The summed E-state index contributed by atoms with van der Waals surface area (Å²) in [4.78, 5) is 5.24. The summed E-state index contributed by atoms with van der Waals surface area (Å²) in [6.07, 6.45) is 0. The van der Waals surface area contributed by atoms with Gasteiger partial charge >= 0.3 is 0 Å². The number of nitrogens with zero attached hydrogens (tertiary/aromatic N) is 2. The zero-order chi connectivity index (χ0) is 39.3. The quantitative estimate of drug-likeness (QED) is 0.173. The molecule has 0 spiro atoms. The molecule has 7 aromatic carbocycles. The molecular weight excluding hydrogens is 609 g/mol. The van der Waals surface area contributed by atoms with Crippen molar-refractivity contribution in [2.45, 2.75) is 53.2 Å². The van der Waals surface area contributed by atoms with E-state index >= 15 is 0 Å². The van der Waals surface area contributed by atoms with Gasteiger partial charge in [0.05, 0.1) is 22.3 Å². The summed E-state index contributed by atoms with van der Waals surface area (Å²) < 4.78 is 60.8. The number of aryl methyl sites for hydroxylation is 2. The van der Waals surface area contributed by atoms with Gasteiger partial charge in [-0.2, -0.15) is 0 Å². The van der Waals surface area contributed by atoms with Gasteiger partial charge < -0.3 is 4.42 Å². The van der Waals surface area contributed by atoms with E-state index in [4.69, 9.17) is 17.6 Å². The Hall–Kier alpha value is -5.67. The summed E-state index contributed by atoms with van der Waals surface area (Å²) in [6, 6.07) is 39.7. The maximum absolute atomic E-state index is 8.69. The van der Waals surface area contributed by atoms with Crippen LogP contribution >= 0.6 is 0 Å². The SMILES string of the molecule is [2H]C([2H])([2H])c1ccc(-c2nc3cccc(C([2H])([2H])[2H])c3n2-c2c(C(C)C)cc(-c3ccccc3)cc2C(C)C)c2oc3cc4c(ccc5ccccc54)cc3c12. The first-order chi connectivity index (χ1) is 26.7. The molecule has 0 aliphatic rings. The predicted octanol–water partition coefficient (Wildman–Crippen LogP) is 13.4. The third kappa shape index (κ3) is 4.60. The van der Waals surface area contributed by atoms with Crippen LogP contribution in [0.15, 0.2) is 126 Å². The molecule has 0 N–H and O–H groups in total. The van der Waals surface area contributed by atoms with Crippen LogP contribution in [-0.2, 0) is 0 Å². The Morgan fingerprint density at radius 2 is 1.36 bits per heavy atom. The number of benzene rings is 7. The Balaban J connectivity index is 1.45. The number of furan rings is 1. The Labute approximate surface area is 301 Å². The van der Waals surface area contributed by atoms with E-state index in [-0.39, 0.29) is 23.0 Å². The number of hydrogen-bond donors (Lipinski definition) is 0. The van der Waals surface area contributed by atoms with Crippen LogP contribution in [0.1, 0.15) is 70.0 Å². The fraction of sp³-hybridized carbons (Fsp3) is 0.170. The molecule has 0 bridgehead atoms. The first-order valence-electron chi connectivity index (χ1n) is 20.3. The molecule has 0 saturated carbocycles. The second-order valence-corrected chi connectivity index (χ2v) is 13.9. The second kappa shape index (κ2) is 11.5. The summed E-state index contributed by atoms with van der Waals surface area (Å²) in [7, 11) is 0. The van der Waals surface area contributed by atoms with Gasteiger partial charge in [-0.25, -0.2) is 4.98 Å². The first-order valence-corrected chi connectivity index (χ1v) is 17.3. The highest BCUT2D eigenvalue weighted by Crippen LogP contribution is 2.44. The van der Waals surface area contributed by atoms with Crippen molar-refractivity contribution >= 4 is 54.5 Å². The third-order valence-electron chi connectivity index (χ3n) is 10.1. The minimum absolute atomic E-state index is 0.0443. The molecule has 0 atom stereocenters. The van der Waals surface area contributed by atoms with Gasteiger partial charge in [0, 0.05) is 19.0 Å². The molecule has 2 aromatic heterocycles. The van der Waals surface area contributed by atoms with Gasteiger partial charge in [-0.1, -0.05) is 113 Å². The van der Waals surface area contributed by atoms with E-state index in [0.717, 1.165) is 49.5 Å². The normalized spacial score (nSPS) is 14.4. The minimum atomic E-state index is -2.45. The monoisotopic (exact) mass is 654 g/mol. The molecule has 0 amide bonds. The van der Waals surface area contributed by atoms with Crippen LogP contribution in [0.2, 0.25) is 0 Å². The zero-order valence-electron chi connectivity index (χ0n) is 34.5. The van der Waals surface area contributed by atoms with Crippen LogP contribution in [-0.4, -0.2) is 9.55 Å². The van der Waals surface area contributed by atoms with Crippen LogP contribution in [0.25, 0.3) is 82.7 Å². The average Bonchev–Trinajstić information content (AvgIpc) is 3.74. The van der Waals surface area contributed by atoms with Crippen molar-refractivity contribution in [2.75, 3.05) is 0 Å². The maximum Gasteiger partial charge on any atom is 0.149 e. The van der Waals surface area contributed by atoms with E-state index in [2.05, 4.69) is 76.2 Å². The second-order valence-electron chi connectivity index (χ2n) is 13.9. The molecule has 3 nitrogen and oxygen atoms in total. The Bertz CT molecular complexity index is 2980.